The van der Waals surface area contributed by atoms with Gasteiger partial charge in [0, 0.05) is 89.5 Å². The second-order valence-corrected chi connectivity index (χ2v) is 18.1. The molecular weight excluding hydrogens is 729 g/mol. The summed E-state index contributed by atoms with van der Waals surface area (Å²) < 4.78 is 1.83. The Morgan fingerprint density at radius 1 is 0.627 bits per heavy atom. The second-order valence-electron chi connectivity index (χ2n) is 18.1. The van der Waals surface area contributed by atoms with Crippen molar-refractivity contribution in [1.29, 1.82) is 0 Å². The fourth-order valence-electron chi connectivity index (χ4n) is 7.43. The molecule has 0 atom stereocenters. The first kappa shape index (κ1) is 47.6. The van der Waals surface area contributed by atoms with Gasteiger partial charge in [0.1, 0.15) is 5.82 Å². The van der Waals surface area contributed by atoms with Crippen LogP contribution in [0.2, 0.25) is 0 Å². The lowest BCUT2D eigenvalue weighted by Gasteiger charge is -2.34. The summed E-state index contributed by atoms with van der Waals surface area (Å²) in [4.78, 5) is 26.3. The van der Waals surface area contributed by atoms with Crippen molar-refractivity contribution in [2.75, 3.05) is 89.3 Å². The van der Waals surface area contributed by atoms with E-state index in [0.29, 0.717) is 35.4 Å². The number of nitrogens with zero attached hydrogens (tertiary/aromatic N) is 7. The van der Waals surface area contributed by atoms with Gasteiger partial charge in [0.25, 0.3) is 0 Å². The minimum absolute atomic E-state index is 0.310. The van der Waals surface area contributed by atoms with Crippen molar-refractivity contribution < 1.29 is 4.79 Å². The Bertz CT molecular complexity index is 1760. The first-order valence-corrected chi connectivity index (χ1v) is 22.4. The van der Waals surface area contributed by atoms with Gasteiger partial charge in [0.15, 0.2) is 5.78 Å². The van der Waals surface area contributed by atoms with E-state index in [4.69, 9.17) is 0 Å². The number of aromatic nitrogens is 3. The number of anilines is 2. The molecule has 9 nitrogen and oxygen atoms in total. The molecule has 3 fully saturated rings. The van der Waals surface area contributed by atoms with Crippen molar-refractivity contribution in [3.8, 4) is 0 Å². The largest absolute Gasteiger partial charge is 0.369 e. The van der Waals surface area contributed by atoms with E-state index in [1.54, 1.807) is 0 Å². The Hall–Kier alpha value is -4.05. The topological polar surface area (TPSA) is 72.8 Å². The highest BCUT2D eigenvalue weighted by molar-refractivity contribution is 5.96. The molecule has 2 aromatic carbocycles. The van der Waals surface area contributed by atoms with Crippen LogP contribution in [-0.2, 0) is 7.05 Å². The third-order valence-electron chi connectivity index (χ3n) is 11.9. The smallest absolute Gasteiger partial charge is 0.163 e. The van der Waals surface area contributed by atoms with E-state index in [-0.39, 0.29) is 0 Å². The molecule has 7 rings (SSSR count). The Labute approximate surface area is 358 Å². The number of hydrogen-bond donors (Lipinski definition) is 1. The molecule has 3 saturated heterocycles. The lowest BCUT2D eigenvalue weighted by molar-refractivity contribution is 0.0936. The zero-order valence-corrected chi connectivity index (χ0v) is 38.6. The van der Waals surface area contributed by atoms with Crippen LogP contribution in [0.3, 0.4) is 0 Å². The number of rotatable bonds is 9. The molecule has 0 spiro atoms. The molecule has 4 aromatic rings. The monoisotopic (exact) mass is 807 g/mol. The fraction of sp³-hybridized carbons (Fsp3) is 0.580. The number of nitrogens with one attached hydrogen (secondary N) is 1. The predicted molar refractivity (Wildman–Crippen MR) is 251 cm³/mol. The van der Waals surface area contributed by atoms with Crippen molar-refractivity contribution in [3.05, 3.63) is 107 Å². The van der Waals surface area contributed by atoms with Crippen LogP contribution in [0.1, 0.15) is 131 Å². The number of Topliss-reactive ketones (excluding diaryl/α,β-unsaturated/α-hetero) is 1. The lowest BCUT2D eigenvalue weighted by Crippen LogP contribution is -2.44. The highest BCUT2D eigenvalue weighted by Gasteiger charge is 2.20. The van der Waals surface area contributed by atoms with E-state index in [1.165, 1.54) is 41.0 Å². The van der Waals surface area contributed by atoms with E-state index >= 15 is 0 Å². The molecule has 0 radical (unpaired) electrons. The zero-order valence-electron chi connectivity index (χ0n) is 38.6. The summed E-state index contributed by atoms with van der Waals surface area (Å²) in [6, 6.07) is 21.5. The third-order valence-corrected chi connectivity index (χ3v) is 11.9. The Kier molecular flexibility index (Phi) is 19.6. The van der Waals surface area contributed by atoms with Gasteiger partial charge in [-0.2, -0.15) is 5.10 Å². The molecule has 59 heavy (non-hydrogen) atoms. The van der Waals surface area contributed by atoms with Gasteiger partial charge in [0.05, 0.1) is 6.20 Å². The Morgan fingerprint density at radius 3 is 1.64 bits per heavy atom. The number of benzene rings is 2. The number of aryl methyl sites for hydroxylation is 1. The van der Waals surface area contributed by atoms with Gasteiger partial charge in [-0.25, -0.2) is 4.98 Å². The summed E-state index contributed by atoms with van der Waals surface area (Å²) in [5.41, 5.74) is 7.66. The number of piperidine rings is 1. The molecule has 3 aliphatic heterocycles. The molecule has 9 heteroatoms. The van der Waals surface area contributed by atoms with Gasteiger partial charge in [-0.1, -0.05) is 91.8 Å². The summed E-state index contributed by atoms with van der Waals surface area (Å²) in [6.45, 7) is 28.8. The quantitative estimate of drug-likeness (QED) is 0.168. The third kappa shape index (κ3) is 16.2. The van der Waals surface area contributed by atoms with E-state index in [9.17, 15) is 4.79 Å². The van der Waals surface area contributed by atoms with Crippen molar-refractivity contribution in [1.82, 2.24) is 29.9 Å². The number of likely N-dealkylation sites (tertiary alicyclic amines) is 1. The van der Waals surface area contributed by atoms with E-state index in [2.05, 4.69) is 153 Å². The molecule has 0 unspecified atom stereocenters. The maximum Gasteiger partial charge on any atom is 0.163 e. The molecule has 0 bridgehead atoms. The van der Waals surface area contributed by atoms with Crippen LogP contribution in [0.5, 0.6) is 0 Å². The maximum atomic E-state index is 12.3. The van der Waals surface area contributed by atoms with Crippen LogP contribution in [0.4, 0.5) is 11.5 Å². The van der Waals surface area contributed by atoms with Gasteiger partial charge in [-0.05, 0) is 116 Å². The summed E-state index contributed by atoms with van der Waals surface area (Å²) in [5, 5.41) is 7.41. The first-order valence-electron chi connectivity index (χ1n) is 22.4. The second kappa shape index (κ2) is 24.3. The molecule has 0 saturated carbocycles. The SMILES string of the molecule is CC(C)c1ccc(C(=O)CC2CCN(C)CC2)cc1.CC(C)c1ccc(N2CCN(C)CC2)cc1.CC(C)c1ccnc(N2CCNCC2)c1.CC(C)c1cnn(C)c1. The molecule has 2 aromatic heterocycles. The number of carbonyl (C=O) groups is 1. The highest BCUT2D eigenvalue weighted by Crippen LogP contribution is 2.24. The lowest BCUT2D eigenvalue weighted by atomic mass is 9.89. The minimum Gasteiger partial charge on any atom is -0.369 e. The van der Waals surface area contributed by atoms with Gasteiger partial charge >= 0.3 is 0 Å². The normalized spacial score (nSPS) is 16.7. The maximum absolute atomic E-state index is 12.3. The summed E-state index contributed by atoms with van der Waals surface area (Å²) in [7, 11) is 6.29. The molecule has 0 aliphatic carbocycles. The minimum atomic E-state index is 0.310. The molecule has 3 aliphatic rings. The van der Waals surface area contributed by atoms with Crippen LogP contribution >= 0.6 is 0 Å². The van der Waals surface area contributed by atoms with Crippen molar-refractivity contribution in [2.24, 2.45) is 13.0 Å². The molecular formula is C50H78N8O. The molecule has 0 amide bonds. The average Bonchev–Trinajstić information content (AvgIpc) is 3.70. The van der Waals surface area contributed by atoms with Crippen molar-refractivity contribution in [3.63, 3.8) is 0 Å². The number of pyridine rings is 1. The molecule has 1 N–H and O–H groups in total. The standard InChI is InChI=1S/C17H25NO.C14H22N2.C12H19N3.C7H12N2/c1-13(2)15-4-6-16(7-5-15)17(19)12-14-8-10-18(3)11-9-14;1-12(2)13-4-6-14(7-5-13)16-10-8-15(3)9-11-16;1-10(2)11-3-4-14-12(9-11)15-7-5-13-6-8-15;1-6(2)7-4-8-9(3)5-7/h4-7,13-14H,8-12H2,1-3H3;4-7,12H,8-11H2,1-3H3;3-4,9-10,13H,5-8H2,1-2H3;4-6H,1-3H3. The van der Waals surface area contributed by atoms with Crippen LogP contribution in [-0.4, -0.2) is 110 Å². The highest BCUT2D eigenvalue weighted by atomic mass is 16.1. The van der Waals surface area contributed by atoms with Crippen molar-refractivity contribution in [2.45, 2.75) is 98.3 Å². The number of hydrogen-bond acceptors (Lipinski definition) is 8. The predicted octanol–water partition coefficient (Wildman–Crippen LogP) is 9.44. The van der Waals surface area contributed by atoms with Crippen LogP contribution < -0.4 is 15.1 Å². The number of carbonyl (C=O) groups excluding carboxylic acids is 1. The van der Waals surface area contributed by atoms with Gasteiger partial charge in [-0.3, -0.25) is 9.48 Å². The van der Waals surface area contributed by atoms with Crippen LogP contribution in [0.15, 0.2) is 79.3 Å². The summed E-state index contributed by atoms with van der Waals surface area (Å²) in [6.07, 6.45) is 8.91. The summed E-state index contributed by atoms with van der Waals surface area (Å²) in [5.74, 6) is 4.34. The van der Waals surface area contributed by atoms with E-state index < -0.39 is 0 Å². The number of ketones is 1. The van der Waals surface area contributed by atoms with Crippen LogP contribution in [0, 0.1) is 5.92 Å². The average molecular weight is 807 g/mol. The fourth-order valence-corrected chi connectivity index (χ4v) is 7.43. The zero-order chi connectivity index (χ0) is 42.9. The first-order chi connectivity index (χ1) is 28.2. The number of likely N-dealkylation sites (N-methyl/N-ethyl adjacent to an activating group) is 1. The molecule has 5 heterocycles. The molecule has 324 valence electrons. The van der Waals surface area contributed by atoms with Gasteiger partial charge in [0.2, 0.25) is 0 Å². The van der Waals surface area contributed by atoms with E-state index in [0.717, 1.165) is 83.0 Å². The summed E-state index contributed by atoms with van der Waals surface area (Å²) >= 11 is 0. The Morgan fingerprint density at radius 2 is 1.15 bits per heavy atom. The van der Waals surface area contributed by atoms with Gasteiger partial charge in [-0.15, -0.1) is 0 Å². The van der Waals surface area contributed by atoms with Gasteiger partial charge < -0.3 is 24.9 Å². The number of piperazine rings is 2. The Balaban J connectivity index is 0.000000178. The van der Waals surface area contributed by atoms with Crippen molar-refractivity contribution >= 4 is 17.3 Å². The van der Waals surface area contributed by atoms with E-state index in [1.807, 2.05) is 42.5 Å². The van der Waals surface area contributed by atoms with Crippen LogP contribution in [0.25, 0.3) is 0 Å².